The molecule has 0 radical (unpaired) electrons. The molecule has 158 valence electrons. The van der Waals surface area contributed by atoms with Crippen LogP contribution >= 0.6 is 7.82 Å². The molecule has 0 aliphatic carbocycles. The Hall–Kier alpha value is 0.0700. The first kappa shape index (κ1) is 26.1. The molecule has 5 nitrogen and oxygen atoms in total. The van der Waals surface area contributed by atoms with Gasteiger partial charge in [-0.3, -0.25) is 4.52 Å². The fraction of sp³-hybridized carbons (Fsp3) is 1.00. The molecular formula is C20H43O5P. The summed E-state index contributed by atoms with van der Waals surface area (Å²) in [5.74, 6) is 0. The Bertz CT molecular complexity index is 332. The second-order valence-corrected chi connectivity index (χ2v) is 8.62. The average Bonchev–Trinajstić information content (AvgIpc) is 2.56. The van der Waals surface area contributed by atoms with Crippen molar-refractivity contribution in [1.29, 1.82) is 0 Å². The van der Waals surface area contributed by atoms with Gasteiger partial charge in [0.15, 0.2) is 0 Å². The lowest BCUT2D eigenvalue weighted by molar-refractivity contribution is 0.0403. The van der Waals surface area contributed by atoms with Crippen molar-refractivity contribution >= 4 is 7.82 Å². The standard InChI is InChI=1S/C20H43O5P/c1-3-4-5-6-7-8-9-10-11-12-13-14-15-16-17-18-24-19-20(2)25-26(21,22)23/h20H,3-19H2,1-2H3,(H2,21,22,23). The fourth-order valence-electron chi connectivity index (χ4n) is 3.09. The highest BCUT2D eigenvalue weighted by Gasteiger charge is 2.18. The monoisotopic (exact) mass is 394 g/mol. The highest BCUT2D eigenvalue weighted by molar-refractivity contribution is 7.46. The van der Waals surface area contributed by atoms with Crippen LogP contribution in [0.4, 0.5) is 0 Å². The topological polar surface area (TPSA) is 76.0 Å². The van der Waals surface area contributed by atoms with Crippen molar-refractivity contribution in [2.45, 2.75) is 116 Å². The first-order valence-electron chi connectivity index (χ1n) is 10.8. The maximum absolute atomic E-state index is 10.6. The predicted octanol–water partition coefficient (Wildman–Crippen LogP) is 6.37. The zero-order valence-corrected chi connectivity index (χ0v) is 18.1. The Kier molecular flexibility index (Phi) is 18.5. The van der Waals surface area contributed by atoms with Gasteiger partial charge in [0.1, 0.15) is 0 Å². The molecule has 6 heteroatoms. The number of hydrogen-bond donors (Lipinski definition) is 2. The van der Waals surface area contributed by atoms with Crippen LogP contribution in [0.1, 0.15) is 110 Å². The molecule has 0 fully saturated rings. The number of rotatable bonds is 20. The Labute approximate surface area is 161 Å². The number of ether oxygens (including phenoxy) is 1. The largest absolute Gasteiger partial charge is 0.469 e. The lowest BCUT2D eigenvalue weighted by Gasteiger charge is -2.13. The van der Waals surface area contributed by atoms with Crippen LogP contribution in [0.25, 0.3) is 0 Å². The Morgan fingerprint density at radius 2 is 1.12 bits per heavy atom. The molecule has 0 amide bonds. The van der Waals surface area contributed by atoms with Crippen molar-refractivity contribution < 1.29 is 23.6 Å². The van der Waals surface area contributed by atoms with Gasteiger partial charge >= 0.3 is 7.82 Å². The predicted molar refractivity (Wildman–Crippen MR) is 108 cm³/mol. The normalized spacial score (nSPS) is 13.2. The molecule has 0 saturated carbocycles. The maximum Gasteiger partial charge on any atom is 0.469 e. The average molecular weight is 395 g/mol. The Morgan fingerprint density at radius 3 is 1.50 bits per heavy atom. The van der Waals surface area contributed by atoms with E-state index in [2.05, 4.69) is 11.4 Å². The van der Waals surface area contributed by atoms with E-state index in [1.807, 2.05) is 0 Å². The van der Waals surface area contributed by atoms with Crippen molar-refractivity contribution in [3.63, 3.8) is 0 Å². The van der Waals surface area contributed by atoms with Gasteiger partial charge in [0.2, 0.25) is 0 Å². The summed E-state index contributed by atoms with van der Waals surface area (Å²) in [7, 11) is -4.39. The zero-order chi connectivity index (χ0) is 19.5. The molecule has 1 unspecified atom stereocenters. The third-order valence-corrected chi connectivity index (χ3v) is 5.20. The van der Waals surface area contributed by atoms with E-state index < -0.39 is 13.9 Å². The lowest BCUT2D eigenvalue weighted by Crippen LogP contribution is -2.15. The molecule has 0 saturated heterocycles. The third kappa shape index (κ3) is 22.1. The van der Waals surface area contributed by atoms with E-state index in [4.69, 9.17) is 14.5 Å². The van der Waals surface area contributed by atoms with E-state index >= 15 is 0 Å². The molecule has 0 rings (SSSR count). The summed E-state index contributed by atoms with van der Waals surface area (Å²) in [4.78, 5) is 17.3. The summed E-state index contributed by atoms with van der Waals surface area (Å²) < 4.78 is 20.5. The highest BCUT2D eigenvalue weighted by atomic mass is 31.2. The molecule has 2 N–H and O–H groups in total. The molecule has 0 aliphatic heterocycles. The van der Waals surface area contributed by atoms with Gasteiger partial charge in [0.25, 0.3) is 0 Å². The smallest absolute Gasteiger partial charge is 0.379 e. The van der Waals surface area contributed by atoms with Crippen LogP contribution in [-0.4, -0.2) is 29.1 Å². The van der Waals surface area contributed by atoms with E-state index in [0.29, 0.717) is 6.61 Å². The Morgan fingerprint density at radius 1 is 0.731 bits per heavy atom. The van der Waals surface area contributed by atoms with Crippen LogP contribution in [0.3, 0.4) is 0 Å². The molecule has 1 atom stereocenters. The van der Waals surface area contributed by atoms with E-state index in [0.717, 1.165) is 12.8 Å². The van der Waals surface area contributed by atoms with Gasteiger partial charge in [-0.2, -0.15) is 0 Å². The number of hydrogen-bond acceptors (Lipinski definition) is 3. The van der Waals surface area contributed by atoms with Crippen molar-refractivity contribution in [2.75, 3.05) is 13.2 Å². The van der Waals surface area contributed by atoms with Gasteiger partial charge in [-0.1, -0.05) is 96.8 Å². The van der Waals surface area contributed by atoms with Crippen LogP contribution in [0.2, 0.25) is 0 Å². The minimum atomic E-state index is -4.39. The molecule has 0 bridgehead atoms. The fourth-order valence-corrected chi connectivity index (χ4v) is 3.62. The SMILES string of the molecule is CCCCCCCCCCCCCCCCCOCC(C)OP(=O)(O)O. The summed E-state index contributed by atoms with van der Waals surface area (Å²) in [6.07, 6.45) is 19.4. The van der Waals surface area contributed by atoms with Crippen molar-refractivity contribution in [3.8, 4) is 0 Å². The number of unbranched alkanes of at least 4 members (excludes halogenated alkanes) is 14. The first-order valence-corrected chi connectivity index (χ1v) is 12.3. The molecule has 26 heavy (non-hydrogen) atoms. The van der Waals surface area contributed by atoms with Gasteiger partial charge < -0.3 is 14.5 Å². The summed E-state index contributed by atoms with van der Waals surface area (Å²) in [6, 6.07) is 0. The van der Waals surface area contributed by atoms with Crippen LogP contribution < -0.4 is 0 Å². The van der Waals surface area contributed by atoms with Gasteiger partial charge in [0.05, 0.1) is 12.7 Å². The van der Waals surface area contributed by atoms with Crippen LogP contribution in [0.15, 0.2) is 0 Å². The number of phosphoric ester groups is 1. The molecule has 0 aromatic rings. The van der Waals surface area contributed by atoms with E-state index in [1.54, 1.807) is 6.92 Å². The van der Waals surface area contributed by atoms with E-state index in [9.17, 15) is 4.57 Å². The van der Waals surface area contributed by atoms with Gasteiger partial charge in [-0.25, -0.2) is 4.57 Å². The second-order valence-electron chi connectivity index (χ2n) is 7.43. The van der Waals surface area contributed by atoms with E-state index in [-0.39, 0.29) is 6.61 Å². The summed E-state index contributed by atoms with van der Waals surface area (Å²) in [6.45, 7) is 4.73. The molecular weight excluding hydrogens is 351 g/mol. The van der Waals surface area contributed by atoms with Gasteiger partial charge in [0, 0.05) is 6.61 Å². The van der Waals surface area contributed by atoms with Gasteiger partial charge in [-0.05, 0) is 13.3 Å². The lowest BCUT2D eigenvalue weighted by atomic mass is 10.0. The summed E-state index contributed by atoms with van der Waals surface area (Å²) in [5.41, 5.74) is 0. The summed E-state index contributed by atoms with van der Waals surface area (Å²) in [5, 5.41) is 0. The van der Waals surface area contributed by atoms with Crippen LogP contribution in [0, 0.1) is 0 Å². The molecule has 0 spiro atoms. The Balaban J connectivity index is 3.12. The van der Waals surface area contributed by atoms with Crippen LogP contribution in [-0.2, 0) is 13.8 Å². The molecule has 0 aromatic carbocycles. The maximum atomic E-state index is 10.6. The minimum Gasteiger partial charge on any atom is -0.379 e. The quantitative estimate of drug-likeness (QED) is 0.185. The van der Waals surface area contributed by atoms with Gasteiger partial charge in [-0.15, -0.1) is 0 Å². The van der Waals surface area contributed by atoms with E-state index in [1.165, 1.54) is 83.5 Å². The van der Waals surface area contributed by atoms with Crippen LogP contribution in [0.5, 0.6) is 0 Å². The zero-order valence-electron chi connectivity index (χ0n) is 17.2. The van der Waals surface area contributed by atoms with Crippen molar-refractivity contribution in [1.82, 2.24) is 0 Å². The van der Waals surface area contributed by atoms with Crippen molar-refractivity contribution in [3.05, 3.63) is 0 Å². The minimum absolute atomic E-state index is 0.226. The highest BCUT2D eigenvalue weighted by Crippen LogP contribution is 2.37. The van der Waals surface area contributed by atoms with Crippen molar-refractivity contribution in [2.24, 2.45) is 0 Å². The first-order chi connectivity index (χ1) is 12.5. The molecule has 0 aliphatic rings. The number of phosphoric acid groups is 1. The third-order valence-electron chi connectivity index (χ3n) is 4.56. The second kappa shape index (κ2) is 18.4. The molecule has 0 heterocycles. The summed E-state index contributed by atoms with van der Waals surface area (Å²) >= 11 is 0. The molecule has 0 aromatic heterocycles.